The molecule has 0 spiro atoms. The zero-order valence-corrected chi connectivity index (χ0v) is 27.6. The Morgan fingerprint density at radius 2 is 1.89 bits per heavy atom. The van der Waals surface area contributed by atoms with Crippen LogP contribution >= 0.6 is 18.9 Å². The molecule has 14 nitrogen and oxygen atoms in total. The van der Waals surface area contributed by atoms with Gasteiger partial charge in [-0.1, -0.05) is 20.4 Å². The van der Waals surface area contributed by atoms with Crippen molar-refractivity contribution < 1.29 is 43.1 Å². The van der Waals surface area contributed by atoms with E-state index in [0.717, 1.165) is 11.3 Å². The number of amides is 4. The van der Waals surface area contributed by atoms with Gasteiger partial charge in [0.25, 0.3) is 11.4 Å². The van der Waals surface area contributed by atoms with Gasteiger partial charge < -0.3 is 40.7 Å². The smallest absolute Gasteiger partial charge is 0.409 e. The lowest BCUT2D eigenvalue weighted by molar-refractivity contribution is -0.143. The van der Waals surface area contributed by atoms with Gasteiger partial charge >= 0.3 is 13.7 Å². The summed E-state index contributed by atoms with van der Waals surface area (Å²) < 4.78 is 16.9. The largest absolute Gasteiger partial charge is 0.453 e. The summed E-state index contributed by atoms with van der Waals surface area (Å²) in [5, 5.41) is 6.22. The minimum Gasteiger partial charge on any atom is -0.453 e. The molecular weight excluding hydrogens is 637 g/mol. The molecule has 0 aliphatic carbocycles. The SMILES string of the molecule is C=C(N)CC[C@H](NC(=O)[C@@H]1CC[C@@H]2CCN(C(=O)OC)C[C@H](NC(=O)c3cc4cc(C(=O)P(=O)(O)O)ccc4s3)C(=O)N21)C(C)C. The van der Waals surface area contributed by atoms with Crippen molar-refractivity contribution in [3.63, 3.8) is 0 Å². The van der Waals surface area contributed by atoms with Crippen LogP contribution in [0.25, 0.3) is 10.1 Å². The molecule has 1 aromatic carbocycles. The first-order valence-electron chi connectivity index (χ1n) is 14.9. The molecular formula is C30H40N5O9PS. The highest BCUT2D eigenvalue weighted by molar-refractivity contribution is 7.70. The number of thiophene rings is 1. The Kier molecular flexibility index (Phi) is 10.9. The number of nitrogens with two attached hydrogens (primary N) is 1. The number of hydrogen-bond acceptors (Lipinski definition) is 9. The molecule has 0 bridgehead atoms. The Bertz CT molecular complexity index is 1590. The van der Waals surface area contributed by atoms with Gasteiger partial charge in [0.1, 0.15) is 12.1 Å². The van der Waals surface area contributed by atoms with Crippen LogP contribution in [0.15, 0.2) is 36.5 Å². The lowest BCUT2D eigenvalue weighted by Gasteiger charge is -2.38. The molecule has 4 amide bonds. The number of carbonyl (C=O) groups excluding carboxylic acids is 5. The van der Waals surface area contributed by atoms with Gasteiger partial charge in [-0.15, -0.1) is 11.3 Å². The van der Waals surface area contributed by atoms with Crippen molar-refractivity contribution in [2.45, 2.75) is 70.1 Å². The maximum absolute atomic E-state index is 14.2. The molecule has 2 aliphatic heterocycles. The Morgan fingerprint density at radius 1 is 1.17 bits per heavy atom. The summed E-state index contributed by atoms with van der Waals surface area (Å²) in [6, 6.07) is 2.98. The van der Waals surface area contributed by atoms with Crippen molar-refractivity contribution in [1.29, 1.82) is 0 Å². The van der Waals surface area contributed by atoms with E-state index in [9.17, 15) is 38.3 Å². The van der Waals surface area contributed by atoms with Gasteiger partial charge in [-0.2, -0.15) is 0 Å². The number of nitrogens with zero attached hydrogens (tertiary/aromatic N) is 2. The van der Waals surface area contributed by atoms with Gasteiger partial charge in [0, 0.05) is 34.6 Å². The summed E-state index contributed by atoms with van der Waals surface area (Å²) in [6.07, 6.45) is 1.87. The monoisotopic (exact) mass is 677 g/mol. The fourth-order valence-corrected chi connectivity index (χ4v) is 7.33. The van der Waals surface area contributed by atoms with Gasteiger partial charge in [-0.05, 0) is 67.7 Å². The molecule has 16 heteroatoms. The minimum absolute atomic E-state index is 0.108. The molecule has 2 aliphatic rings. The Labute approximate surface area is 270 Å². The van der Waals surface area contributed by atoms with Crippen LogP contribution in [0.5, 0.6) is 0 Å². The number of ether oxygens (including phenoxy) is 1. The summed E-state index contributed by atoms with van der Waals surface area (Å²) in [5.74, 6) is -1.32. The summed E-state index contributed by atoms with van der Waals surface area (Å²) in [6.45, 7) is 7.77. The molecule has 4 atom stereocenters. The predicted molar refractivity (Wildman–Crippen MR) is 171 cm³/mol. The van der Waals surface area contributed by atoms with Gasteiger partial charge in [0.15, 0.2) is 0 Å². The highest BCUT2D eigenvalue weighted by atomic mass is 32.1. The average molecular weight is 678 g/mol. The molecule has 0 saturated carbocycles. The predicted octanol–water partition coefficient (Wildman–Crippen LogP) is 2.54. The van der Waals surface area contributed by atoms with E-state index in [1.54, 1.807) is 4.90 Å². The first-order chi connectivity index (χ1) is 21.6. The van der Waals surface area contributed by atoms with Crippen molar-refractivity contribution in [3.05, 3.63) is 47.0 Å². The molecule has 0 unspecified atom stereocenters. The van der Waals surface area contributed by atoms with Crippen LogP contribution in [0, 0.1) is 5.92 Å². The van der Waals surface area contributed by atoms with Gasteiger partial charge in [0.05, 0.1) is 18.5 Å². The number of allylic oxidation sites excluding steroid dienone is 1. The quantitative estimate of drug-likeness (QED) is 0.232. The molecule has 4 rings (SSSR count). The fraction of sp³-hybridized carbons (Fsp3) is 0.500. The van der Waals surface area contributed by atoms with Gasteiger partial charge in [0.2, 0.25) is 11.8 Å². The van der Waals surface area contributed by atoms with Crippen molar-refractivity contribution in [3.8, 4) is 0 Å². The molecule has 46 heavy (non-hydrogen) atoms. The van der Waals surface area contributed by atoms with E-state index in [-0.39, 0.29) is 47.4 Å². The number of fused-ring (bicyclic) bond motifs is 2. The highest BCUT2D eigenvalue weighted by Gasteiger charge is 2.46. The molecule has 0 radical (unpaired) electrons. The Morgan fingerprint density at radius 3 is 2.52 bits per heavy atom. The van der Waals surface area contributed by atoms with E-state index in [1.807, 2.05) is 13.8 Å². The zero-order valence-electron chi connectivity index (χ0n) is 25.9. The third kappa shape index (κ3) is 7.95. The van der Waals surface area contributed by atoms with Crippen LogP contribution in [0.1, 0.15) is 66.0 Å². The van der Waals surface area contributed by atoms with E-state index in [2.05, 4.69) is 17.2 Å². The molecule has 6 N–H and O–H groups in total. The van der Waals surface area contributed by atoms with E-state index < -0.39 is 43.1 Å². The number of carbonyl (C=O) groups is 5. The normalized spacial score (nSPS) is 20.9. The van der Waals surface area contributed by atoms with Crippen molar-refractivity contribution >= 4 is 58.4 Å². The van der Waals surface area contributed by atoms with E-state index in [1.165, 1.54) is 36.3 Å². The second kappa shape index (κ2) is 14.3. The maximum atomic E-state index is 14.2. The van der Waals surface area contributed by atoms with E-state index >= 15 is 0 Å². The molecule has 1 aromatic heterocycles. The summed E-state index contributed by atoms with van der Waals surface area (Å²) in [5.41, 5.74) is 4.73. The molecule has 2 fully saturated rings. The maximum Gasteiger partial charge on any atom is 0.409 e. The lowest BCUT2D eigenvalue weighted by Crippen LogP contribution is -2.61. The number of hydrogen-bond donors (Lipinski definition) is 5. The number of nitrogens with one attached hydrogen (secondary N) is 2. The van der Waals surface area contributed by atoms with Crippen LogP contribution in [-0.2, 0) is 18.9 Å². The van der Waals surface area contributed by atoms with Crippen molar-refractivity contribution in [2.75, 3.05) is 20.2 Å². The van der Waals surface area contributed by atoms with Gasteiger partial charge in [-0.3, -0.25) is 23.7 Å². The number of rotatable bonds is 10. The van der Waals surface area contributed by atoms with Crippen LogP contribution < -0.4 is 16.4 Å². The first kappa shape index (κ1) is 35.1. The Hall–Kier alpha value is -3.78. The first-order valence-corrected chi connectivity index (χ1v) is 17.4. The third-order valence-corrected chi connectivity index (χ3v) is 10.3. The molecule has 2 saturated heterocycles. The molecule has 2 aromatic rings. The lowest BCUT2D eigenvalue weighted by atomic mass is 9.98. The summed E-state index contributed by atoms with van der Waals surface area (Å²) in [4.78, 5) is 87.5. The number of benzene rings is 1. The van der Waals surface area contributed by atoms with Crippen molar-refractivity contribution in [1.82, 2.24) is 20.4 Å². The van der Waals surface area contributed by atoms with E-state index in [0.29, 0.717) is 47.9 Å². The standard InChI is InChI=1S/C30H40N5O9PS/c1-16(2)21(8-5-17(3)31)32-26(36)23-9-7-20-11-12-34(30(40)44-4)15-22(28(38)35(20)23)33-27(37)25-14-19-13-18(6-10-24(19)46-25)29(39)45(41,42)43/h6,10,13-14,16,20-23H,3,5,7-9,11-12,15,31H2,1-2,4H3,(H,32,36)(H,33,37)(H2,41,42,43)/t20-,21+,22+,23+/m1/s1. The Balaban J connectivity index is 1.59. The second-order valence-electron chi connectivity index (χ2n) is 12.0. The molecule has 3 heterocycles. The number of methoxy groups -OCH3 is 1. The zero-order chi connectivity index (χ0) is 33.9. The third-order valence-electron chi connectivity index (χ3n) is 8.39. The summed E-state index contributed by atoms with van der Waals surface area (Å²) in [7, 11) is -3.77. The van der Waals surface area contributed by atoms with Crippen LogP contribution in [-0.4, -0.2) is 93.3 Å². The molecule has 250 valence electrons. The minimum atomic E-state index is -5.00. The summed E-state index contributed by atoms with van der Waals surface area (Å²) >= 11 is 1.06. The van der Waals surface area contributed by atoms with Crippen molar-refractivity contribution in [2.24, 2.45) is 11.7 Å². The van der Waals surface area contributed by atoms with Crippen LogP contribution in [0.3, 0.4) is 0 Å². The van der Waals surface area contributed by atoms with Crippen LogP contribution in [0.4, 0.5) is 4.79 Å². The van der Waals surface area contributed by atoms with E-state index in [4.69, 9.17) is 10.5 Å². The second-order valence-corrected chi connectivity index (χ2v) is 14.6. The average Bonchev–Trinajstić information content (AvgIpc) is 3.62. The topological polar surface area (TPSA) is 209 Å². The van der Waals surface area contributed by atoms with Crippen LogP contribution in [0.2, 0.25) is 0 Å². The van der Waals surface area contributed by atoms with Gasteiger partial charge in [-0.25, -0.2) is 4.79 Å². The fourth-order valence-electron chi connectivity index (χ4n) is 5.91. The highest BCUT2D eigenvalue weighted by Crippen LogP contribution is 2.40.